The molecule has 4 rings (SSSR count). The smallest absolute Gasteiger partial charge is 0.252 e. The van der Waals surface area contributed by atoms with Gasteiger partial charge in [0.05, 0.1) is 4.34 Å². The number of carbonyl (C=O) groups is 1. The molecular formula is C16H19ClN2O3S2. The summed E-state index contributed by atoms with van der Waals surface area (Å²) >= 11 is 6.92. The molecular weight excluding hydrogens is 368 g/mol. The molecule has 130 valence electrons. The lowest BCUT2D eigenvalue weighted by atomic mass is 9.92. The fourth-order valence-electron chi connectivity index (χ4n) is 4.01. The molecule has 0 aromatic carbocycles. The van der Waals surface area contributed by atoms with Gasteiger partial charge in [0.15, 0.2) is 0 Å². The molecule has 1 saturated heterocycles. The summed E-state index contributed by atoms with van der Waals surface area (Å²) in [6.07, 6.45) is 6.46. The first kappa shape index (κ1) is 16.6. The molecule has 8 heteroatoms. The van der Waals surface area contributed by atoms with Crippen LogP contribution in [0.1, 0.15) is 12.8 Å². The lowest BCUT2D eigenvalue weighted by Crippen LogP contribution is -2.52. The van der Waals surface area contributed by atoms with Crippen LogP contribution in [0.5, 0.6) is 0 Å². The highest BCUT2D eigenvalue weighted by atomic mass is 35.5. The van der Waals surface area contributed by atoms with Gasteiger partial charge < -0.3 is 4.90 Å². The quantitative estimate of drug-likeness (QED) is 0.750. The molecule has 3 atom stereocenters. The maximum atomic E-state index is 12.7. The Hall–Kier alpha value is -0.890. The number of fused-ring (bicyclic) bond motifs is 2. The van der Waals surface area contributed by atoms with Gasteiger partial charge in [-0.25, -0.2) is 8.42 Å². The normalized spacial score (nSPS) is 30.2. The molecule has 3 aliphatic rings. The molecule has 0 N–H and O–H groups in total. The van der Waals surface area contributed by atoms with Crippen molar-refractivity contribution in [1.29, 1.82) is 0 Å². The van der Waals surface area contributed by atoms with Crippen LogP contribution in [0.15, 0.2) is 28.5 Å². The van der Waals surface area contributed by atoms with E-state index in [-0.39, 0.29) is 16.0 Å². The number of rotatable bonds is 3. The minimum Gasteiger partial charge on any atom is -0.340 e. The predicted molar refractivity (Wildman–Crippen MR) is 93.5 cm³/mol. The molecule has 2 heterocycles. The van der Waals surface area contributed by atoms with Gasteiger partial charge in [-0.05, 0) is 36.8 Å². The first-order valence-electron chi connectivity index (χ1n) is 8.18. The second kappa shape index (κ2) is 6.12. The SMILES string of the molecule is O=C(C1CC2C=CC1C2)N1CCN(S(=O)(=O)c2ccc(Cl)s2)CC1. The van der Waals surface area contributed by atoms with Gasteiger partial charge in [-0.3, -0.25) is 4.79 Å². The van der Waals surface area contributed by atoms with Crippen LogP contribution in [-0.4, -0.2) is 49.7 Å². The number of allylic oxidation sites excluding steroid dienone is 2. The Balaban J connectivity index is 1.40. The van der Waals surface area contributed by atoms with Crippen LogP contribution in [0.25, 0.3) is 0 Å². The molecule has 1 saturated carbocycles. The largest absolute Gasteiger partial charge is 0.340 e. The lowest BCUT2D eigenvalue weighted by molar-refractivity contribution is -0.137. The average Bonchev–Trinajstić information content (AvgIpc) is 3.31. The van der Waals surface area contributed by atoms with Gasteiger partial charge in [0.1, 0.15) is 4.21 Å². The Bertz CT molecular complexity index is 781. The summed E-state index contributed by atoms with van der Waals surface area (Å²) in [7, 11) is -3.50. The van der Waals surface area contributed by atoms with E-state index in [0.717, 1.165) is 24.2 Å². The first-order chi connectivity index (χ1) is 11.4. The van der Waals surface area contributed by atoms with Crippen molar-refractivity contribution in [2.75, 3.05) is 26.2 Å². The number of thiophene rings is 1. The Morgan fingerprint density at radius 1 is 1.12 bits per heavy atom. The highest BCUT2D eigenvalue weighted by Gasteiger charge is 2.42. The summed E-state index contributed by atoms with van der Waals surface area (Å²) in [4.78, 5) is 14.6. The van der Waals surface area contributed by atoms with Crippen molar-refractivity contribution in [1.82, 2.24) is 9.21 Å². The Kier molecular flexibility index (Phi) is 4.23. The molecule has 24 heavy (non-hydrogen) atoms. The third-order valence-electron chi connectivity index (χ3n) is 5.29. The van der Waals surface area contributed by atoms with Gasteiger partial charge in [0, 0.05) is 32.1 Å². The maximum absolute atomic E-state index is 12.7. The van der Waals surface area contributed by atoms with Crippen molar-refractivity contribution >= 4 is 38.9 Å². The number of hydrogen-bond acceptors (Lipinski definition) is 4. The third kappa shape index (κ3) is 2.81. The summed E-state index contributed by atoms with van der Waals surface area (Å²) in [5.41, 5.74) is 0. The van der Waals surface area contributed by atoms with Gasteiger partial charge in [0.2, 0.25) is 5.91 Å². The van der Waals surface area contributed by atoms with Crippen LogP contribution in [0, 0.1) is 17.8 Å². The second-order valence-electron chi connectivity index (χ2n) is 6.67. The molecule has 1 aliphatic heterocycles. The van der Waals surface area contributed by atoms with E-state index in [0.29, 0.717) is 42.4 Å². The van der Waals surface area contributed by atoms with Gasteiger partial charge in [0.25, 0.3) is 10.0 Å². The van der Waals surface area contributed by atoms with Gasteiger partial charge >= 0.3 is 0 Å². The molecule has 1 aromatic rings. The van der Waals surface area contributed by atoms with Crippen LogP contribution in [0.2, 0.25) is 4.34 Å². The van der Waals surface area contributed by atoms with Crippen molar-refractivity contribution in [3.05, 3.63) is 28.6 Å². The number of sulfonamides is 1. The van der Waals surface area contributed by atoms with Crippen molar-refractivity contribution in [3.63, 3.8) is 0 Å². The Morgan fingerprint density at radius 3 is 2.42 bits per heavy atom. The molecule has 5 nitrogen and oxygen atoms in total. The topological polar surface area (TPSA) is 57.7 Å². The van der Waals surface area contributed by atoms with E-state index in [1.54, 1.807) is 12.1 Å². The van der Waals surface area contributed by atoms with Gasteiger partial charge in [-0.2, -0.15) is 4.31 Å². The van der Waals surface area contributed by atoms with Crippen LogP contribution in [-0.2, 0) is 14.8 Å². The number of halogens is 1. The van der Waals surface area contributed by atoms with E-state index in [4.69, 9.17) is 11.6 Å². The molecule has 0 spiro atoms. The molecule has 3 unspecified atom stereocenters. The van der Waals surface area contributed by atoms with Crippen molar-refractivity contribution in [2.24, 2.45) is 17.8 Å². The van der Waals surface area contributed by atoms with Crippen LogP contribution in [0.3, 0.4) is 0 Å². The fraction of sp³-hybridized carbons (Fsp3) is 0.562. The zero-order chi connectivity index (χ0) is 16.9. The summed E-state index contributed by atoms with van der Waals surface area (Å²) < 4.78 is 27.4. The number of carbonyl (C=O) groups excluding carboxylic acids is 1. The highest BCUT2D eigenvalue weighted by molar-refractivity contribution is 7.91. The summed E-state index contributed by atoms with van der Waals surface area (Å²) in [5.74, 6) is 1.24. The second-order valence-corrected chi connectivity index (χ2v) is 10.6. The highest BCUT2D eigenvalue weighted by Crippen LogP contribution is 2.44. The first-order valence-corrected chi connectivity index (χ1v) is 10.8. The van der Waals surface area contributed by atoms with Crippen molar-refractivity contribution in [2.45, 2.75) is 17.1 Å². The molecule has 1 amide bonds. The monoisotopic (exact) mass is 386 g/mol. The summed E-state index contributed by atoms with van der Waals surface area (Å²) in [5, 5.41) is 0. The standard InChI is InChI=1S/C16H19ClN2O3S2/c17-14-3-4-15(23-14)24(21,22)19-7-5-18(6-8-19)16(20)13-10-11-1-2-12(13)9-11/h1-4,11-13H,5-10H2. The van der Waals surface area contributed by atoms with Crippen LogP contribution < -0.4 is 0 Å². The number of hydrogen-bond donors (Lipinski definition) is 0. The average molecular weight is 387 g/mol. The van der Waals surface area contributed by atoms with Gasteiger partial charge in [-0.15, -0.1) is 11.3 Å². The van der Waals surface area contributed by atoms with Gasteiger partial charge in [-0.1, -0.05) is 23.8 Å². The minimum atomic E-state index is -3.50. The van der Waals surface area contributed by atoms with Crippen LogP contribution >= 0.6 is 22.9 Å². The van der Waals surface area contributed by atoms with Crippen molar-refractivity contribution in [3.8, 4) is 0 Å². The zero-order valence-corrected chi connectivity index (χ0v) is 15.5. The third-order valence-corrected chi connectivity index (χ3v) is 8.89. The van der Waals surface area contributed by atoms with Crippen LogP contribution in [0.4, 0.5) is 0 Å². The summed E-state index contributed by atoms with van der Waals surface area (Å²) in [6, 6.07) is 3.14. The fourth-order valence-corrected chi connectivity index (χ4v) is 7.07. The molecule has 0 radical (unpaired) electrons. The van der Waals surface area contributed by atoms with Crippen molar-refractivity contribution < 1.29 is 13.2 Å². The van der Waals surface area contributed by atoms with E-state index in [1.807, 2.05) is 4.90 Å². The van der Waals surface area contributed by atoms with E-state index >= 15 is 0 Å². The predicted octanol–water partition coefficient (Wildman–Crippen LogP) is 2.45. The number of amides is 1. The Morgan fingerprint density at radius 2 is 1.88 bits per heavy atom. The van der Waals surface area contributed by atoms with E-state index in [9.17, 15) is 13.2 Å². The molecule has 2 bridgehead atoms. The molecule has 1 aromatic heterocycles. The number of nitrogens with zero attached hydrogens (tertiary/aromatic N) is 2. The summed E-state index contributed by atoms with van der Waals surface area (Å²) in [6.45, 7) is 1.63. The minimum absolute atomic E-state index is 0.0965. The molecule has 2 fully saturated rings. The van der Waals surface area contributed by atoms with E-state index in [1.165, 1.54) is 4.31 Å². The van der Waals surface area contributed by atoms with E-state index in [2.05, 4.69) is 12.2 Å². The van der Waals surface area contributed by atoms with E-state index < -0.39 is 10.0 Å². The number of piperazine rings is 1. The Labute approximate surface area is 150 Å². The lowest BCUT2D eigenvalue weighted by Gasteiger charge is -2.36. The zero-order valence-electron chi connectivity index (χ0n) is 13.1. The molecule has 2 aliphatic carbocycles. The maximum Gasteiger partial charge on any atom is 0.252 e.